The second-order valence-corrected chi connectivity index (χ2v) is 6.01. The van der Waals surface area contributed by atoms with Crippen LogP contribution < -0.4 is 11.1 Å². The number of carbonyl (C=O) groups excluding carboxylic acids is 1. The summed E-state index contributed by atoms with van der Waals surface area (Å²) in [5, 5.41) is 7.68. The van der Waals surface area contributed by atoms with Gasteiger partial charge in [-0.3, -0.25) is 0 Å². The Bertz CT molecular complexity index is 629. The lowest BCUT2D eigenvalue weighted by Crippen LogP contribution is -2.23. The first-order valence-electron chi connectivity index (χ1n) is 6.39. The van der Waals surface area contributed by atoms with E-state index in [0.717, 1.165) is 47.8 Å². The Labute approximate surface area is 115 Å². The van der Waals surface area contributed by atoms with Gasteiger partial charge in [-0.2, -0.15) is 9.78 Å². The Kier molecular flexibility index (Phi) is 3.02. The van der Waals surface area contributed by atoms with E-state index < -0.39 is 6.03 Å². The summed E-state index contributed by atoms with van der Waals surface area (Å²) in [6.45, 7) is 2.92. The number of nitrogens with one attached hydrogen (secondary N) is 1. The van der Waals surface area contributed by atoms with E-state index in [1.165, 1.54) is 9.56 Å². The fraction of sp³-hybridized carbons (Fsp3) is 0.385. The van der Waals surface area contributed by atoms with Crippen LogP contribution >= 0.6 is 11.3 Å². The summed E-state index contributed by atoms with van der Waals surface area (Å²) in [5.41, 5.74) is 7.41. The molecule has 0 fully saturated rings. The molecule has 2 aromatic rings. The highest BCUT2D eigenvalue weighted by atomic mass is 32.1. The van der Waals surface area contributed by atoms with Crippen LogP contribution in [0.5, 0.6) is 0 Å². The van der Waals surface area contributed by atoms with E-state index in [1.807, 2.05) is 0 Å². The van der Waals surface area contributed by atoms with Crippen LogP contribution in [0.4, 0.5) is 10.6 Å². The number of hydrogen-bond donors (Lipinski definition) is 2. The number of fused-ring (bicyclic) bond motifs is 1. The molecule has 0 atom stereocenters. The highest BCUT2D eigenvalue weighted by molar-refractivity contribution is 7.15. The normalized spacial score (nSPS) is 14.6. The van der Waals surface area contributed by atoms with Gasteiger partial charge in [-0.05, 0) is 38.3 Å². The van der Waals surface area contributed by atoms with Crippen molar-refractivity contribution in [3.8, 4) is 10.6 Å². The van der Waals surface area contributed by atoms with Crippen molar-refractivity contribution in [3.05, 3.63) is 22.6 Å². The highest BCUT2D eigenvalue weighted by Gasteiger charge is 2.23. The number of rotatable bonds is 1. The summed E-state index contributed by atoms with van der Waals surface area (Å²) in [7, 11) is 0. The summed E-state index contributed by atoms with van der Waals surface area (Å²) in [6.07, 6.45) is 3.13. The van der Waals surface area contributed by atoms with Crippen LogP contribution in [0.15, 0.2) is 12.1 Å². The van der Waals surface area contributed by atoms with Crippen molar-refractivity contribution in [1.82, 2.24) is 9.78 Å². The molecule has 2 aromatic heterocycles. The molecule has 19 heavy (non-hydrogen) atoms. The Morgan fingerprint density at radius 1 is 1.47 bits per heavy atom. The molecule has 0 spiro atoms. The predicted octanol–water partition coefficient (Wildman–Crippen LogP) is 2.60. The Morgan fingerprint density at radius 3 is 3.00 bits per heavy atom. The van der Waals surface area contributed by atoms with E-state index >= 15 is 0 Å². The van der Waals surface area contributed by atoms with Crippen molar-refractivity contribution < 1.29 is 4.79 Å². The van der Waals surface area contributed by atoms with E-state index in [2.05, 4.69) is 29.5 Å². The standard InChI is InChI=1S/C13H16N4OS/c1-8-5-6-10(19-8)11-9-4-2-3-7-15-12(9)17(16-11)13(14)18/h5-6,15H,2-4,7H2,1H3,(H2,14,18). The number of hydrogen-bond acceptors (Lipinski definition) is 4. The average molecular weight is 276 g/mol. The van der Waals surface area contributed by atoms with Gasteiger partial charge in [-0.15, -0.1) is 11.3 Å². The summed E-state index contributed by atoms with van der Waals surface area (Å²) in [5.74, 6) is 0.769. The van der Waals surface area contributed by atoms with Gasteiger partial charge >= 0.3 is 6.03 Å². The fourth-order valence-electron chi connectivity index (χ4n) is 2.42. The quantitative estimate of drug-likeness (QED) is 0.841. The lowest BCUT2D eigenvalue weighted by Gasteiger charge is -2.04. The number of anilines is 1. The zero-order valence-electron chi connectivity index (χ0n) is 10.8. The van der Waals surface area contributed by atoms with E-state index in [0.29, 0.717) is 0 Å². The van der Waals surface area contributed by atoms with Gasteiger partial charge in [0.2, 0.25) is 0 Å². The molecule has 3 N–H and O–H groups in total. The average Bonchev–Trinajstić information content (AvgIpc) is 2.86. The molecule has 0 unspecified atom stereocenters. The van der Waals surface area contributed by atoms with Gasteiger partial charge in [0.15, 0.2) is 0 Å². The maximum atomic E-state index is 11.5. The minimum Gasteiger partial charge on any atom is -0.370 e. The van der Waals surface area contributed by atoms with Crippen molar-refractivity contribution in [3.63, 3.8) is 0 Å². The molecule has 0 aromatic carbocycles. The lowest BCUT2D eigenvalue weighted by atomic mass is 10.1. The molecule has 1 aliphatic heterocycles. The minimum atomic E-state index is -0.537. The monoisotopic (exact) mass is 276 g/mol. The third-order valence-corrected chi connectivity index (χ3v) is 4.32. The summed E-state index contributed by atoms with van der Waals surface area (Å²) < 4.78 is 1.30. The van der Waals surface area contributed by atoms with Gasteiger partial charge in [0.1, 0.15) is 11.5 Å². The van der Waals surface area contributed by atoms with E-state index in [4.69, 9.17) is 5.73 Å². The number of aryl methyl sites for hydroxylation is 1. The number of aromatic nitrogens is 2. The number of nitrogens with two attached hydrogens (primary N) is 1. The largest absolute Gasteiger partial charge is 0.370 e. The third-order valence-electron chi connectivity index (χ3n) is 3.31. The van der Waals surface area contributed by atoms with Crippen molar-refractivity contribution in [2.45, 2.75) is 26.2 Å². The summed E-state index contributed by atoms with van der Waals surface area (Å²) >= 11 is 1.69. The van der Waals surface area contributed by atoms with E-state index in [9.17, 15) is 4.79 Å². The van der Waals surface area contributed by atoms with Gasteiger partial charge in [-0.1, -0.05) is 0 Å². The van der Waals surface area contributed by atoms with Gasteiger partial charge in [0, 0.05) is 17.0 Å². The summed E-state index contributed by atoms with van der Waals surface area (Å²) in [4.78, 5) is 13.9. The predicted molar refractivity (Wildman–Crippen MR) is 76.7 cm³/mol. The van der Waals surface area contributed by atoms with Crippen LogP contribution in [-0.4, -0.2) is 22.4 Å². The molecule has 0 radical (unpaired) electrons. The van der Waals surface area contributed by atoms with Gasteiger partial charge in [-0.25, -0.2) is 4.79 Å². The van der Waals surface area contributed by atoms with Crippen LogP contribution in [0.1, 0.15) is 23.3 Å². The molecular weight excluding hydrogens is 260 g/mol. The van der Waals surface area contributed by atoms with Gasteiger partial charge in [0.05, 0.1) is 4.88 Å². The molecule has 3 rings (SSSR count). The SMILES string of the molecule is Cc1ccc(-c2nn(C(N)=O)c3c2CCCCN3)s1. The maximum absolute atomic E-state index is 11.5. The molecule has 0 saturated heterocycles. The number of thiophene rings is 1. The molecule has 0 saturated carbocycles. The lowest BCUT2D eigenvalue weighted by molar-refractivity contribution is 0.248. The zero-order chi connectivity index (χ0) is 13.4. The van der Waals surface area contributed by atoms with Crippen molar-refractivity contribution in [2.24, 2.45) is 5.73 Å². The molecule has 3 heterocycles. The maximum Gasteiger partial charge on any atom is 0.341 e. The molecule has 0 bridgehead atoms. The van der Waals surface area contributed by atoms with Crippen LogP contribution in [0.2, 0.25) is 0 Å². The van der Waals surface area contributed by atoms with Crippen molar-refractivity contribution >= 4 is 23.2 Å². The van der Waals surface area contributed by atoms with Crippen molar-refractivity contribution in [1.29, 1.82) is 0 Å². The van der Waals surface area contributed by atoms with E-state index in [-0.39, 0.29) is 0 Å². The third kappa shape index (κ3) is 2.12. The summed E-state index contributed by atoms with van der Waals surface area (Å²) in [6, 6.07) is 3.59. The number of carbonyl (C=O) groups is 1. The first-order chi connectivity index (χ1) is 9.16. The number of primary amides is 1. The highest BCUT2D eigenvalue weighted by Crippen LogP contribution is 2.35. The molecule has 1 aliphatic rings. The Morgan fingerprint density at radius 2 is 2.32 bits per heavy atom. The second-order valence-electron chi connectivity index (χ2n) is 4.72. The van der Waals surface area contributed by atoms with E-state index in [1.54, 1.807) is 11.3 Å². The Hall–Kier alpha value is -1.82. The smallest absolute Gasteiger partial charge is 0.341 e. The van der Waals surface area contributed by atoms with Crippen LogP contribution in [0.25, 0.3) is 10.6 Å². The zero-order valence-corrected chi connectivity index (χ0v) is 11.6. The van der Waals surface area contributed by atoms with Crippen molar-refractivity contribution in [2.75, 3.05) is 11.9 Å². The minimum absolute atomic E-state index is 0.537. The molecule has 6 heteroatoms. The molecule has 1 amide bonds. The second kappa shape index (κ2) is 4.70. The molecular formula is C13H16N4OS. The number of amides is 1. The van der Waals surface area contributed by atoms with Crippen LogP contribution in [-0.2, 0) is 6.42 Å². The van der Waals surface area contributed by atoms with Gasteiger partial charge in [0.25, 0.3) is 0 Å². The van der Waals surface area contributed by atoms with Crippen LogP contribution in [0.3, 0.4) is 0 Å². The molecule has 5 nitrogen and oxygen atoms in total. The molecule has 0 aliphatic carbocycles. The fourth-order valence-corrected chi connectivity index (χ4v) is 3.30. The molecule has 100 valence electrons. The first-order valence-corrected chi connectivity index (χ1v) is 7.21. The van der Waals surface area contributed by atoms with Crippen LogP contribution in [0, 0.1) is 6.92 Å². The topological polar surface area (TPSA) is 72.9 Å². The number of nitrogens with zero attached hydrogens (tertiary/aromatic N) is 2. The first kappa shape index (κ1) is 12.2. The van der Waals surface area contributed by atoms with Gasteiger partial charge < -0.3 is 11.1 Å². The Balaban J connectivity index is 2.16.